The van der Waals surface area contributed by atoms with E-state index in [9.17, 15) is 9.59 Å². The second-order valence-corrected chi connectivity index (χ2v) is 2.68. The maximum absolute atomic E-state index is 10.9. The largest absolute Gasteiger partial charge is 0.496 e. The summed E-state index contributed by atoms with van der Waals surface area (Å²) in [5, 5.41) is 0. The highest BCUT2D eigenvalue weighted by Crippen LogP contribution is 2.10. The molecule has 1 aliphatic rings. The Morgan fingerprint density at radius 1 is 1.36 bits per heavy atom. The molecule has 0 amide bonds. The number of aromatic nitrogens is 3. The standard InChI is InChI=1S/C8H7N3O3/c12-7-9-6(10-8(13)11-7)5-2-1-3-14-4-5/h1-3H,4H2,(H2,9,10,11,12,13). The van der Waals surface area contributed by atoms with E-state index in [1.54, 1.807) is 12.2 Å². The summed E-state index contributed by atoms with van der Waals surface area (Å²) in [5.74, 6) is 0.239. The lowest BCUT2D eigenvalue weighted by Crippen LogP contribution is -2.27. The van der Waals surface area contributed by atoms with Gasteiger partial charge in [-0.1, -0.05) is 0 Å². The Bertz CT molecular complexity index is 481. The zero-order valence-corrected chi connectivity index (χ0v) is 7.11. The SMILES string of the molecule is O=c1nc(C2=CC=COC2)[nH]c(=O)[nH]1. The fourth-order valence-electron chi connectivity index (χ4n) is 1.09. The number of aromatic amines is 2. The first-order valence-corrected chi connectivity index (χ1v) is 3.94. The van der Waals surface area contributed by atoms with Gasteiger partial charge in [-0.05, 0) is 12.2 Å². The van der Waals surface area contributed by atoms with Gasteiger partial charge in [0.05, 0.1) is 6.26 Å². The number of H-pyrrole nitrogens is 2. The van der Waals surface area contributed by atoms with Crippen LogP contribution in [0.5, 0.6) is 0 Å². The van der Waals surface area contributed by atoms with Gasteiger partial charge < -0.3 is 4.74 Å². The van der Waals surface area contributed by atoms with Crippen LogP contribution in [0.2, 0.25) is 0 Å². The number of nitrogens with zero attached hydrogens (tertiary/aromatic N) is 1. The van der Waals surface area contributed by atoms with Gasteiger partial charge in [0.15, 0.2) is 0 Å². The fourth-order valence-corrected chi connectivity index (χ4v) is 1.09. The molecule has 2 heterocycles. The van der Waals surface area contributed by atoms with Gasteiger partial charge in [0.25, 0.3) is 0 Å². The Labute approximate surface area is 78.0 Å². The molecule has 0 spiro atoms. The van der Waals surface area contributed by atoms with Gasteiger partial charge in [0.2, 0.25) is 0 Å². The molecule has 0 aliphatic carbocycles. The van der Waals surface area contributed by atoms with Crippen molar-refractivity contribution in [3.8, 4) is 0 Å². The number of nitrogens with one attached hydrogen (secondary N) is 2. The van der Waals surface area contributed by atoms with Gasteiger partial charge in [0.1, 0.15) is 12.4 Å². The van der Waals surface area contributed by atoms with Gasteiger partial charge in [-0.3, -0.25) is 9.97 Å². The summed E-state index contributed by atoms with van der Waals surface area (Å²) < 4.78 is 4.99. The molecule has 72 valence electrons. The summed E-state index contributed by atoms with van der Waals surface area (Å²) in [7, 11) is 0. The maximum atomic E-state index is 10.9. The van der Waals surface area contributed by atoms with Crippen molar-refractivity contribution in [2.45, 2.75) is 0 Å². The molecule has 2 N–H and O–H groups in total. The van der Waals surface area contributed by atoms with Crippen LogP contribution in [-0.2, 0) is 4.74 Å². The van der Waals surface area contributed by atoms with Crippen molar-refractivity contribution < 1.29 is 4.74 Å². The van der Waals surface area contributed by atoms with Gasteiger partial charge in [-0.15, -0.1) is 0 Å². The summed E-state index contributed by atoms with van der Waals surface area (Å²) in [6.07, 6.45) is 4.91. The monoisotopic (exact) mass is 193 g/mol. The van der Waals surface area contributed by atoms with Gasteiger partial charge in [-0.25, -0.2) is 9.59 Å². The number of rotatable bonds is 1. The molecule has 6 nitrogen and oxygen atoms in total. The van der Waals surface area contributed by atoms with E-state index in [-0.39, 0.29) is 5.82 Å². The minimum atomic E-state index is -0.667. The first kappa shape index (κ1) is 8.49. The number of ether oxygens (including phenoxy) is 1. The molecule has 1 aromatic heterocycles. The van der Waals surface area contributed by atoms with Crippen molar-refractivity contribution in [1.82, 2.24) is 15.0 Å². The summed E-state index contributed by atoms with van der Waals surface area (Å²) in [5.41, 5.74) is -0.578. The van der Waals surface area contributed by atoms with E-state index in [1.165, 1.54) is 6.26 Å². The van der Waals surface area contributed by atoms with Crippen LogP contribution in [0.3, 0.4) is 0 Å². The molecule has 14 heavy (non-hydrogen) atoms. The van der Waals surface area contributed by atoms with E-state index in [1.807, 2.05) is 4.98 Å². The summed E-state index contributed by atoms with van der Waals surface area (Å²) in [4.78, 5) is 29.8. The van der Waals surface area contributed by atoms with Crippen LogP contribution in [-0.4, -0.2) is 21.6 Å². The Hall–Kier alpha value is -2.11. The van der Waals surface area contributed by atoms with Crippen LogP contribution in [0.1, 0.15) is 5.82 Å². The molecule has 0 saturated carbocycles. The first-order valence-electron chi connectivity index (χ1n) is 3.94. The molecule has 1 aromatic rings. The predicted octanol–water partition coefficient (Wildman–Crippen LogP) is -0.615. The van der Waals surface area contributed by atoms with Crippen molar-refractivity contribution in [3.05, 3.63) is 45.2 Å². The quantitative estimate of drug-likeness (QED) is 0.622. The molecule has 0 radical (unpaired) electrons. The highest BCUT2D eigenvalue weighted by Gasteiger charge is 2.07. The molecule has 0 atom stereocenters. The molecule has 0 saturated heterocycles. The van der Waals surface area contributed by atoms with E-state index in [0.29, 0.717) is 12.2 Å². The number of hydrogen-bond acceptors (Lipinski definition) is 4. The van der Waals surface area contributed by atoms with E-state index in [0.717, 1.165) is 0 Å². The van der Waals surface area contributed by atoms with Crippen molar-refractivity contribution in [2.24, 2.45) is 0 Å². The minimum absolute atomic E-state index is 0.239. The molecule has 6 heteroatoms. The predicted molar refractivity (Wildman–Crippen MR) is 48.5 cm³/mol. The number of hydrogen-bond donors (Lipinski definition) is 2. The van der Waals surface area contributed by atoms with Crippen molar-refractivity contribution in [1.29, 1.82) is 0 Å². The Morgan fingerprint density at radius 3 is 2.86 bits per heavy atom. The lowest BCUT2D eigenvalue weighted by atomic mass is 10.2. The Kier molecular flexibility index (Phi) is 2.02. The van der Waals surface area contributed by atoms with Crippen LogP contribution >= 0.6 is 0 Å². The number of allylic oxidation sites excluding steroid dienone is 2. The van der Waals surface area contributed by atoms with Crippen molar-refractivity contribution in [2.75, 3.05) is 6.61 Å². The minimum Gasteiger partial charge on any atom is -0.496 e. The van der Waals surface area contributed by atoms with Gasteiger partial charge >= 0.3 is 11.4 Å². The molecular weight excluding hydrogens is 186 g/mol. The van der Waals surface area contributed by atoms with E-state index in [4.69, 9.17) is 4.74 Å². The normalized spacial score (nSPS) is 14.7. The Morgan fingerprint density at radius 2 is 2.21 bits per heavy atom. The molecule has 0 fully saturated rings. The zero-order chi connectivity index (χ0) is 9.97. The third-order valence-corrected chi connectivity index (χ3v) is 1.68. The molecule has 1 aliphatic heterocycles. The molecule has 0 aromatic carbocycles. The summed E-state index contributed by atoms with van der Waals surface area (Å²) in [6.45, 7) is 0.295. The lowest BCUT2D eigenvalue weighted by Gasteiger charge is -2.07. The van der Waals surface area contributed by atoms with Gasteiger partial charge in [-0.2, -0.15) is 4.98 Å². The third-order valence-electron chi connectivity index (χ3n) is 1.68. The van der Waals surface area contributed by atoms with E-state index in [2.05, 4.69) is 9.97 Å². The second kappa shape index (κ2) is 3.33. The van der Waals surface area contributed by atoms with Crippen molar-refractivity contribution >= 4 is 5.57 Å². The van der Waals surface area contributed by atoms with Crippen LogP contribution in [0, 0.1) is 0 Å². The molecule has 0 bridgehead atoms. The fraction of sp³-hybridized carbons (Fsp3) is 0.125. The molecular formula is C8H7N3O3. The highest BCUT2D eigenvalue weighted by atomic mass is 16.5. The van der Waals surface area contributed by atoms with E-state index >= 15 is 0 Å². The molecule has 2 rings (SSSR count). The smallest absolute Gasteiger partial charge is 0.351 e. The van der Waals surface area contributed by atoms with Crippen LogP contribution in [0.4, 0.5) is 0 Å². The third kappa shape index (κ3) is 1.63. The summed E-state index contributed by atoms with van der Waals surface area (Å²) >= 11 is 0. The van der Waals surface area contributed by atoms with Gasteiger partial charge in [0, 0.05) is 5.57 Å². The molecule has 0 unspecified atom stereocenters. The summed E-state index contributed by atoms with van der Waals surface area (Å²) in [6, 6.07) is 0. The second-order valence-electron chi connectivity index (χ2n) is 2.68. The zero-order valence-electron chi connectivity index (χ0n) is 7.11. The lowest BCUT2D eigenvalue weighted by molar-refractivity contribution is 0.292. The van der Waals surface area contributed by atoms with Crippen LogP contribution in [0.15, 0.2) is 28.0 Å². The maximum Gasteiger partial charge on any atom is 0.351 e. The van der Waals surface area contributed by atoms with Crippen molar-refractivity contribution in [3.63, 3.8) is 0 Å². The Balaban J connectivity index is 2.51. The van der Waals surface area contributed by atoms with Crippen LogP contribution < -0.4 is 11.4 Å². The average Bonchev–Trinajstić information content (AvgIpc) is 2.18. The van der Waals surface area contributed by atoms with Crippen LogP contribution in [0.25, 0.3) is 5.57 Å². The van der Waals surface area contributed by atoms with E-state index < -0.39 is 11.4 Å². The highest BCUT2D eigenvalue weighted by molar-refractivity contribution is 5.62. The average molecular weight is 193 g/mol. The topological polar surface area (TPSA) is 87.8 Å². The first-order chi connectivity index (χ1) is 6.75.